The molecule has 1 aliphatic rings. The van der Waals surface area contributed by atoms with Crippen LogP contribution in [-0.4, -0.2) is 24.7 Å². The van der Waals surface area contributed by atoms with Gasteiger partial charge in [-0.2, -0.15) is 5.10 Å². The van der Waals surface area contributed by atoms with Crippen molar-refractivity contribution in [1.29, 1.82) is 0 Å². The number of nitrogens with zero attached hydrogens (tertiary/aromatic N) is 4. The minimum atomic E-state index is 0.200. The number of aromatic amines is 1. The first-order valence-corrected chi connectivity index (χ1v) is 6.30. The molecule has 0 fully saturated rings. The maximum absolute atomic E-state index is 4.64. The SMILES string of the molecule is CC(C)c1nc(C2Cc3nc[nH]c3CN2)n(C)n1. The minimum absolute atomic E-state index is 0.200. The molecule has 6 heteroatoms. The van der Waals surface area contributed by atoms with Crippen LogP contribution in [-0.2, 0) is 20.0 Å². The monoisotopic (exact) mass is 246 g/mol. The Labute approximate surface area is 106 Å². The van der Waals surface area contributed by atoms with E-state index >= 15 is 0 Å². The van der Waals surface area contributed by atoms with Gasteiger partial charge in [-0.15, -0.1) is 0 Å². The maximum atomic E-state index is 4.64. The van der Waals surface area contributed by atoms with Crippen molar-refractivity contribution in [2.24, 2.45) is 7.05 Å². The third-order valence-corrected chi connectivity index (χ3v) is 3.37. The molecule has 0 saturated heterocycles. The molecule has 1 atom stereocenters. The van der Waals surface area contributed by atoms with Gasteiger partial charge < -0.3 is 10.3 Å². The van der Waals surface area contributed by atoms with E-state index < -0.39 is 0 Å². The van der Waals surface area contributed by atoms with Gasteiger partial charge in [0.25, 0.3) is 0 Å². The van der Waals surface area contributed by atoms with Crippen LogP contribution < -0.4 is 5.32 Å². The lowest BCUT2D eigenvalue weighted by Gasteiger charge is -2.21. The van der Waals surface area contributed by atoms with Crippen LogP contribution in [0.5, 0.6) is 0 Å². The van der Waals surface area contributed by atoms with Crippen molar-refractivity contribution in [3.63, 3.8) is 0 Å². The molecule has 18 heavy (non-hydrogen) atoms. The number of imidazole rings is 1. The van der Waals surface area contributed by atoms with E-state index in [-0.39, 0.29) is 6.04 Å². The second-order valence-electron chi connectivity index (χ2n) is 5.07. The fourth-order valence-corrected chi connectivity index (χ4v) is 2.32. The van der Waals surface area contributed by atoms with Gasteiger partial charge in [-0.25, -0.2) is 9.97 Å². The molecule has 2 aromatic rings. The zero-order valence-corrected chi connectivity index (χ0v) is 10.9. The van der Waals surface area contributed by atoms with Gasteiger partial charge >= 0.3 is 0 Å². The van der Waals surface area contributed by atoms with Crippen LogP contribution in [0.3, 0.4) is 0 Å². The second-order valence-corrected chi connectivity index (χ2v) is 5.07. The minimum Gasteiger partial charge on any atom is -0.347 e. The first kappa shape index (κ1) is 11.4. The lowest BCUT2D eigenvalue weighted by molar-refractivity contribution is 0.450. The van der Waals surface area contributed by atoms with E-state index in [1.165, 1.54) is 5.69 Å². The molecule has 0 aromatic carbocycles. The summed E-state index contributed by atoms with van der Waals surface area (Å²) in [7, 11) is 1.95. The molecule has 3 heterocycles. The molecule has 1 aliphatic heterocycles. The summed E-state index contributed by atoms with van der Waals surface area (Å²) in [6, 6.07) is 0.200. The van der Waals surface area contributed by atoms with E-state index in [0.29, 0.717) is 5.92 Å². The Balaban J connectivity index is 1.88. The van der Waals surface area contributed by atoms with Crippen LogP contribution in [0.4, 0.5) is 0 Å². The third kappa shape index (κ3) is 1.82. The summed E-state index contributed by atoms with van der Waals surface area (Å²) in [4.78, 5) is 12.1. The van der Waals surface area contributed by atoms with Crippen LogP contribution in [0, 0.1) is 0 Å². The number of fused-ring (bicyclic) bond motifs is 1. The van der Waals surface area contributed by atoms with Crippen LogP contribution in [0.15, 0.2) is 6.33 Å². The number of hydrogen-bond acceptors (Lipinski definition) is 4. The third-order valence-electron chi connectivity index (χ3n) is 3.37. The topological polar surface area (TPSA) is 71.4 Å². The largest absolute Gasteiger partial charge is 0.347 e. The number of H-pyrrole nitrogens is 1. The molecule has 0 radical (unpaired) electrons. The van der Waals surface area contributed by atoms with E-state index in [4.69, 9.17) is 0 Å². The summed E-state index contributed by atoms with van der Waals surface area (Å²) >= 11 is 0. The Morgan fingerprint density at radius 1 is 1.44 bits per heavy atom. The molecule has 2 N–H and O–H groups in total. The highest BCUT2D eigenvalue weighted by Crippen LogP contribution is 2.23. The molecule has 3 rings (SSSR count). The molecule has 1 unspecified atom stereocenters. The van der Waals surface area contributed by atoms with Crippen molar-refractivity contribution in [3.8, 4) is 0 Å². The first-order chi connectivity index (χ1) is 8.65. The maximum Gasteiger partial charge on any atom is 0.153 e. The number of rotatable bonds is 2. The smallest absolute Gasteiger partial charge is 0.153 e. The number of aryl methyl sites for hydroxylation is 1. The molecule has 0 spiro atoms. The van der Waals surface area contributed by atoms with Gasteiger partial charge in [0.2, 0.25) is 0 Å². The Hall–Kier alpha value is -1.69. The molecular formula is C12H18N6. The van der Waals surface area contributed by atoms with Crippen LogP contribution in [0.1, 0.15) is 48.8 Å². The van der Waals surface area contributed by atoms with Crippen LogP contribution in [0.2, 0.25) is 0 Å². The van der Waals surface area contributed by atoms with Gasteiger partial charge in [0.1, 0.15) is 5.82 Å². The molecular weight excluding hydrogens is 228 g/mol. The van der Waals surface area contributed by atoms with Gasteiger partial charge in [0.15, 0.2) is 5.82 Å². The number of nitrogens with one attached hydrogen (secondary N) is 2. The van der Waals surface area contributed by atoms with Crippen LogP contribution in [0.25, 0.3) is 0 Å². The second kappa shape index (κ2) is 4.20. The van der Waals surface area contributed by atoms with E-state index in [9.17, 15) is 0 Å². The van der Waals surface area contributed by atoms with Gasteiger partial charge in [-0.05, 0) is 0 Å². The summed E-state index contributed by atoms with van der Waals surface area (Å²) in [6.45, 7) is 5.03. The van der Waals surface area contributed by atoms with Gasteiger partial charge in [0.05, 0.1) is 23.8 Å². The average molecular weight is 246 g/mol. The number of hydrogen-bond donors (Lipinski definition) is 2. The predicted molar refractivity (Wildman–Crippen MR) is 67.0 cm³/mol. The molecule has 96 valence electrons. The molecule has 0 saturated carbocycles. The average Bonchev–Trinajstić information content (AvgIpc) is 2.93. The fraction of sp³-hybridized carbons (Fsp3) is 0.583. The molecule has 2 aromatic heterocycles. The summed E-state index contributed by atoms with van der Waals surface area (Å²) in [5.41, 5.74) is 2.31. The van der Waals surface area contributed by atoms with Crippen molar-refractivity contribution >= 4 is 0 Å². The highest BCUT2D eigenvalue weighted by Gasteiger charge is 2.25. The van der Waals surface area contributed by atoms with Gasteiger partial charge in [-0.1, -0.05) is 13.8 Å². The number of aromatic nitrogens is 5. The molecule has 6 nitrogen and oxygen atoms in total. The lowest BCUT2D eigenvalue weighted by atomic mass is 10.0. The highest BCUT2D eigenvalue weighted by atomic mass is 15.3. The Bertz CT molecular complexity index is 553. The van der Waals surface area contributed by atoms with Crippen molar-refractivity contribution in [3.05, 3.63) is 29.4 Å². The zero-order valence-electron chi connectivity index (χ0n) is 10.9. The normalized spacial score (nSPS) is 19.2. The fourth-order valence-electron chi connectivity index (χ4n) is 2.32. The summed E-state index contributed by atoms with van der Waals surface area (Å²) in [5, 5.41) is 7.94. The first-order valence-electron chi connectivity index (χ1n) is 6.30. The van der Waals surface area contributed by atoms with Crippen molar-refractivity contribution in [2.45, 2.75) is 38.8 Å². The van der Waals surface area contributed by atoms with Gasteiger partial charge in [0, 0.05) is 25.9 Å². The predicted octanol–water partition coefficient (Wildman–Crippen LogP) is 1.05. The van der Waals surface area contributed by atoms with E-state index in [0.717, 1.165) is 30.3 Å². The summed E-state index contributed by atoms with van der Waals surface area (Å²) in [5.74, 6) is 2.25. The zero-order chi connectivity index (χ0) is 12.7. The summed E-state index contributed by atoms with van der Waals surface area (Å²) < 4.78 is 1.88. The Morgan fingerprint density at radius 3 is 3.00 bits per heavy atom. The lowest BCUT2D eigenvalue weighted by Crippen LogP contribution is -2.30. The quantitative estimate of drug-likeness (QED) is 0.831. The van der Waals surface area contributed by atoms with Crippen molar-refractivity contribution in [2.75, 3.05) is 0 Å². The van der Waals surface area contributed by atoms with Crippen molar-refractivity contribution < 1.29 is 0 Å². The molecule has 0 amide bonds. The van der Waals surface area contributed by atoms with E-state index in [1.807, 2.05) is 11.7 Å². The van der Waals surface area contributed by atoms with E-state index in [2.05, 4.69) is 39.2 Å². The highest BCUT2D eigenvalue weighted by molar-refractivity contribution is 5.18. The summed E-state index contributed by atoms with van der Waals surface area (Å²) in [6.07, 6.45) is 2.62. The molecule has 0 bridgehead atoms. The standard InChI is InChI=1S/C12H18N6/c1-7(2)11-16-12(18(3)17-11)9-4-8-10(5-13-9)15-6-14-8/h6-7,9,13H,4-5H2,1-3H3,(H,14,15). The van der Waals surface area contributed by atoms with Crippen molar-refractivity contribution in [1.82, 2.24) is 30.0 Å². The van der Waals surface area contributed by atoms with Gasteiger partial charge in [-0.3, -0.25) is 4.68 Å². The Morgan fingerprint density at radius 2 is 2.28 bits per heavy atom. The van der Waals surface area contributed by atoms with E-state index in [1.54, 1.807) is 6.33 Å². The Kier molecular flexibility index (Phi) is 2.66. The van der Waals surface area contributed by atoms with Crippen LogP contribution >= 0.6 is 0 Å². The molecule has 0 aliphatic carbocycles.